The minimum Gasteiger partial charge on any atom is -0.350 e. The second kappa shape index (κ2) is 5.49. The van der Waals surface area contributed by atoms with Crippen LogP contribution in [0.1, 0.15) is 0 Å². The number of nitro groups is 2. The lowest BCUT2D eigenvalue weighted by atomic mass is 10.2. The molecule has 2 rings (SSSR count). The van der Waals surface area contributed by atoms with Crippen LogP contribution in [0, 0.1) is 31.9 Å². The number of halogens is 2. The van der Waals surface area contributed by atoms with Crippen LogP contribution >= 0.6 is 0 Å². The molecule has 0 atom stereocenters. The van der Waals surface area contributed by atoms with Crippen LogP contribution in [-0.2, 0) is 0 Å². The Balaban J connectivity index is 2.43. The topological polar surface area (TPSA) is 98.3 Å². The van der Waals surface area contributed by atoms with Gasteiger partial charge in [-0.2, -0.15) is 0 Å². The van der Waals surface area contributed by atoms with Gasteiger partial charge in [0.1, 0.15) is 17.3 Å². The van der Waals surface area contributed by atoms with Crippen LogP contribution < -0.4 is 5.32 Å². The Kier molecular flexibility index (Phi) is 3.74. The van der Waals surface area contributed by atoms with Crippen molar-refractivity contribution in [2.45, 2.75) is 0 Å². The van der Waals surface area contributed by atoms with Gasteiger partial charge in [-0.3, -0.25) is 20.2 Å². The van der Waals surface area contributed by atoms with Crippen LogP contribution in [0.15, 0.2) is 36.4 Å². The van der Waals surface area contributed by atoms with Crippen molar-refractivity contribution in [3.05, 3.63) is 68.3 Å². The Hall–Kier alpha value is -3.10. The van der Waals surface area contributed by atoms with E-state index in [2.05, 4.69) is 5.32 Å². The molecule has 0 aromatic heterocycles. The second-order valence-electron chi connectivity index (χ2n) is 4.00. The SMILES string of the molecule is O=[N+]([O-])c1ccc(Nc2cc(F)cc(F)c2)c([N+](=O)[O-])c1. The van der Waals surface area contributed by atoms with Gasteiger partial charge in [0.05, 0.1) is 15.9 Å². The summed E-state index contributed by atoms with van der Waals surface area (Å²) in [7, 11) is 0. The molecule has 0 saturated carbocycles. The number of non-ortho nitro benzene ring substituents is 1. The Morgan fingerprint density at radius 1 is 0.905 bits per heavy atom. The molecule has 0 radical (unpaired) electrons. The number of benzene rings is 2. The van der Waals surface area contributed by atoms with E-state index in [-0.39, 0.29) is 11.4 Å². The largest absolute Gasteiger partial charge is 0.350 e. The van der Waals surface area contributed by atoms with E-state index in [0.717, 1.165) is 30.3 Å². The molecule has 0 aliphatic rings. The maximum absolute atomic E-state index is 13.1. The molecule has 21 heavy (non-hydrogen) atoms. The number of hydrogen-bond donors (Lipinski definition) is 1. The summed E-state index contributed by atoms with van der Waals surface area (Å²) in [5, 5.41) is 24.0. The van der Waals surface area contributed by atoms with Crippen molar-refractivity contribution in [1.82, 2.24) is 0 Å². The number of anilines is 2. The third-order valence-corrected chi connectivity index (χ3v) is 2.53. The molecule has 0 unspecified atom stereocenters. The molecule has 0 saturated heterocycles. The van der Waals surface area contributed by atoms with Gasteiger partial charge in [0.25, 0.3) is 11.4 Å². The van der Waals surface area contributed by atoms with Crippen molar-refractivity contribution < 1.29 is 18.6 Å². The summed E-state index contributed by atoms with van der Waals surface area (Å²) in [5.74, 6) is -1.72. The lowest BCUT2D eigenvalue weighted by Gasteiger charge is -2.07. The van der Waals surface area contributed by atoms with Crippen molar-refractivity contribution in [3.63, 3.8) is 0 Å². The van der Waals surface area contributed by atoms with Gasteiger partial charge in [0, 0.05) is 17.8 Å². The second-order valence-corrected chi connectivity index (χ2v) is 4.00. The van der Waals surface area contributed by atoms with Crippen LogP contribution in [0.5, 0.6) is 0 Å². The normalized spacial score (nSPS) is 10.2. The van der Waals surface area contributed by atoms with E-state index in [4.69, 9.17) is 0 Å². The van der Waals surface area contributed by atoms with Gasteiger partial charge >= 0.3 is 0 Å². The molecule has 0 bridgehead atoms. The first-order valence-electron chi connectivity index (χ1n) is 5.53. The monoisotopic (exact) mass is 295 g/mol. The Bertz CT molecular complexity index is 716. The zero-order valence-electron chi connectivity index (χ0n) is 10.2. The van der Waals surface area contributed by atoms with Gasteiger partial charge in [0.2, 0.25) is 0 Å². The molecule has 2 aromatic rings. The summed E-state index contributed by atoms with van der Waals surface area (Å²) in [4.78, 5) is 19.9. The molecule has 9 heteroatoms. The summed E-state index contributed by atoms with van der Waals surface area (Å²) in [6.45, 7) is 0. The molecule has 0 amide bonds. The highest BCUT2D eigenvalue weighted by molar-refractivity contribution is 5.71. The van der Waals surface area contributed by atoms with Gasteiger partial charge in [-0.15, -0.1) is 0 Å². The zero-order valence-corrected chi connectivity index (χ0v) is 10.2. The third kappa shape index (κ3) is 3.26. The third-order valence-electron chi connectivity index (χ3n) is 2.53. The minimum atomic E-state index is -0.859. The Labute approximate surface area is 116 Å². The minimum absolute atomic E-state index is 0.0514. The van der Waals surface area contributed by atoms with Gasteiger partial charge in [0.15, 0.2) is 0 Å². The van der Waals surface area contributed by atoms with E-state index in [1.54, 1.807) is 0 Å². The molecule has 108 valence electrons. The first-order valence-corrected chi connectivity index (χ1v) is 5.53. The standard InChI is InChI=1S/C12H7F2N3O4/c13-7-3-8(14)5-9(4-7)15-11-2-1-10(16(18)19)6-12(11)17(20)21/h1-6,15H. The summed E-state index contributed by atoms with van der Waals surface area (Å²) in [6.07, 6.45) is 0. The van der Waals surface area contributed by atoms with E-state index in [0.29, 0.717) is 6.07 Å². The first-order chi connectivity index (χ1) is 9.86. The number of nitro benzene ring substituents is 2. The smallest absolute Gasteiger partial charge is 0.299 e. The first kappa shape index (κ1) is 14.3. The van der Waals surface area contributed by atoms with E-state index >= 15 is 0 Å². The van der Waals surface area contributed by atoms with E-state index in [9.17, 15) is 29.0 Å². The number of nitrogens with zero attached hydrogens (tertiary/aromatic N) is 2. The molecule has 0 aliphatic heterocycles. The molecule has 2 aromatic carbocycles. The van der Waals surface area contributed by atoms with E-state index in [1.165, 1.54) is 0 Å². The van der Waals surface area contributed by atoms with Gasteiger partial charge in [-0.05, 0) is 18.2 Å². The highest BCUT2D eigenvalue weighted by Gasteiger charge is 2.19. The van der Waals surface area contributed by atoms with E-state index < -0.39 is 32.9 Å². The summed E-state index contributed by atoms with van der Waals surface area (Å²) in [5.41, 5.74) is -1.20. The van der Waals surface area contributed by atoms with Gasteiger partial charge in [-0.25, -0.2) is 8.78 Å². The number of rotatable bonds is 4. The van der Waals surface area contributed by atoms with Crippen molar-refractivity contribution in [2.24, 2.45) is 0 Å². The maximum atomic E-state index is 13.1. The van der Waals surface area contributed by atoms with Crippen LogP contribution in [0.3, 0.4) is 0 Å². The van der Waals surface area contributed by atoms with Gasteiger partial charge in [-0.1, -0.05) is 0 Å². The average Bonchev–Trinajstić information content (AvgIpc) is 2.37. The Morgan fingerprint density at radius 2 is 1.52 bits per heavy atom. The fraction of sp³-hybridized carbons (Fsp3) is 0. The molecular formula is C12H7F2N3O4. The zero-order chi connectivity index (χ0) is 15.6. The van der Waals surface area contributed by atoms with Crippen molar-refractivity contribution in [3.8, 4) is 0 Å². The van der Waals surface area contributed by atoms with E-state index in [1.807, 2.05) is 0 Å². The molecular weight excluding hydrogens is 288 g/mol. The predicted octanol–water partition coefficient (Wildman–Crippen LogP) is 3.52. The van der Waals surface area contributed by atoms with Crippen LogP contribution in [0.2, 0.25) is 0 Å². The quantitative estimate of drug-likeness (QED) is 0.687. The number of nitrogens with one attached hydrogen (secondary N) is 1. The molecule has 0 spiro atoms. The fourth-order valence-electron chi connectivity index (χ4n) is 1.67. The van der Waals surface area contributed by atoms with Crippen LogP contribution in [0.4, 0.5) is 31.5 Å². The maximum Gasteiger partial charge on any atom is 0.299 e. The Morgan fingerprint density at radius 3 is 2.05 bits per heavy atom. The van der Waals surface area contributed by atoms with Crippen molar-refractivity contribution >= 4 is 22.7 Å². The number of hydrogen-bond acceptors (Lipinski definition) is 5. The molecule has 0 heterocycles. The van der Waals surface area contributed by atoms with Crippen LogP contribution in [0.25, 0.3) is 0 Å². The summed E-state index contributed by atoms with van der Waals surface area (Å²) in [6, 6.07) is 5.43. The van der Waals surface area contributed by atoms with Crippen LogP contribution in [-0.4, -0.2) is 9.85 Å². The fourth-order valence-corrected chi connectivity index (χ4v) is 1.67. The molecule has 7 nitrogen and oxygen atoms in total. The highest BCUT2D eigenvalue weighted by atomic mass is 19.1. The molecule has 0 fully saturated rings. The van der Waals surface area contributed by atoms with Gasteiger partial charge < -0.3 is 5.32 Å². The lowest BCUT2D eigenvalue weighted by Crippen LogP contribution is -1.99. The summed E-state index contributed by atoms with van der Waals surface area (Å²) < 4.78 is 26.1. The molecule has 1 N–H and O–H groups in total. The van der Waals surface area contributed by atoms with Crippen molar-refractivity contribution in [2.75, 3.05) is 5.32 Å². The molecule has 0 aliphatic carbocycles. The van der Waals surface area contributed by atoms with Crippen molar-refractivity contribution in [1.29, 1.82) is 0 Å². The summed E-state index contributed by atoms with van der Waals surface area (Å²) >= 11 is 0. The predicted molar refractivity (Wildman–Crippen MR) is 69.4 cm³/mol. The average molecular weight is 295 g/mol. The highest BCUT2D eigenvalue weighted by Crippen LogP contribution is 2.31. The lowest BCUT2D eigenvalue weighted by molar-refractivity contribution is -0.393.